The third-order valence-corrected chi connectivity index (χ3v) is 3.81. The van der Waals surface area contributed by atoms with Crippen LogP contribution in [0.25, 0.3) is 0 Å². The molecule has 16 heavy (non-hydrogen) atoms. The van der Waals surface area contributed by atoms with Crippen molar-refractivity contribution in [3.8, 4) is 0 Å². The molecule has 3 atom stereocenters. The largest absolute Gasteiger partial charge is 0.394 e. The number of rotatable bonds is 2. The summed E-state index contributed by atoms with van der Waals surface area (Å²) < 4.78 is 7.01. The molecule has 0 radical (unpaired) electrons. The van der Waals surface area contributed by atoms with Crippen LogP contribution in [0.3, 0.4) is 0 Å². The van der Waals surface area contributed by atoms with Crippen LogP contribution in [0.4, 0.5) is 0 Å². The van der Waals surface area contributed by atoms with Crippen LogP contribution in [0.5, 0.6) is 0 Å². The van der Waals surface area contributed by atoms with Gasteiger partial charge in [-0.3, -0.25) is 14.3 Å². The van der Waals surface area contributed by atoms with Gasteiger partial charge in [0.05, 0.1) is 12.7 Å². The van der Waals surface area contributed by atoms with Gasteiger partial charge in [0.15, 0.2) is 0 Å². The summed E-state index contributed by atoms with van der Waals surface area (Å²) in [5, 5.41) is 9.04. The number of aliphatic hydroxyl groups is 1. The van der Waals surface area contributed by atoms with E-state index in [2.05, 4.69) is 27.6 Å². The minimum Gasteiger partial charge on any atom is -0.394 e. The highest BCUT2D eigenvalue weighted by atomic mass is 127. The van der Waals surface area contributed by atoms with Gasteiger partial charge in [0.1, 0.15) is 6.23 Å². The van der Waals surface area contributed by atoms with Crippen molar-refractivity contribution in [3.05, 3.63) is 33.1 Å². The maximum Gasteiger partial charge on any atom is 0.330 e. The normalized spacial score (nSPS) is 29.5. The monoisotopic (exact) mass is 338 g/mol. The summed E-state index contributed by atoms with van der Waals surface area (Å²) in [7, 11) is 0. The quantitative estimate of drug-likeness (QED) is 0.569. The third-order valence-electron chi connectivity index (χ3n) is 2.50. The Bertz CT molecular complexity index is 483. The van der Waals surface area contributed by atoms with E-state index in [1.54, 1.807) is 0 Å². The molecule has 0 amide bonds. The fraction of sp³-hybridized carbons (Fsp3) is 0.556. The summed E-state index contributed by atoms with van der Waals surface area (Å²) >= 11 is 2.18. The highest BCUT2D eigenvalue weighted by Gasteiger charge is 2.34. The Labute approximate surface area is 104 Å². The first-order chi connectivity index (χ1) is 7.61. The topological polar surface area (TPSA) is 84.3 Å². The molecule has 1 aliphatic rings. The van der Waals surface area contributed by atoms with E-state index in [4.69, 9.17) is 9.84 Å². The zero-order valence-corrected chi connectivity index (χ0v) is 10.5. The van der Waals surface area contributed by atoms with Crippen LogP contribution < -0.4 is 11.2 Å². The molecule has 0 spiro atoms. The molecule has 2 rings (SSSR count). The molecule has 1 fully saturated rings. The zero-order chi connectivity index (χ0) is 11.7. The Morgan fingerprint density at radius 1 is 1.62 bits per heavy atom. The van der Waals surface area contributed by atoms with Crippen molar-refractivity contribution < 1.29 is 9.84 Å². The molecule has 0 bridgehead atoms. The van der Waals surface area contributed by atoms with Gasteiger partial charge in [0, 0.05) is 22.6 Å². The van der Waals surface area contributed by atoms with E-state index in [1.165, 1.54) is 16.8 Å². The van der Waals surface area contributed by atoms with Gasteiger partial charge in [0.2, 0.25) is 0 Å². The average molecular weight is 338 g/mol. The summed E-state index contributed by atoms with van der Waals surface area (Å²) in [6.45, 7) is -0.0673. The van der Waals surface area contributed by atoms with Crippen LogP contribution in [0.15, 0.2) is 21.9 Å². The van der Waals surface area contributed by atoms with Crippen LogP contribution >= 0.6 is 22.6 Å². The van der Waals surface area contributed by atoms with Crippen LogP contribution in [0.2, 0.25) is 0 Å². The lowest BCUT2D eigenvalue weighted by Crippen LogP contribution is -2.31. The number of nitrogens with one attached hydrogen (secondary N) is 1. The van der Waals surface area contributed by atoms with Gasteiger partial charge in [-0.2, -0.15) is 0 Å². The van der Waals surface area contributed by atoms with Gasteiger partial charge >= 0.3 is 5.69 Å². The summed E-state index contributed by atoms with van der Waals surface area (Å²) in [6, 6.07) is 1.28. The van der Waals surface area contributed by atoms with Gasteiger partial charge in [-0.15, -0.1) is 0 Å². The summed E-state index contributed by atoms with van der Waals surface area (Å²) in [5.41, 5.74) is -0.913. The fourth-order valence-corrected chi connectivity index (χ4v) is 2.51. The number of alkyl halides is 1. The molecule has 88 valence electrons. The van der Waals surface area contributed by atoms with E-state index < -0.39 is 17.5 Å². The fourth-order valence-electron chi connectivity index (χ4n) is 1.68. The number of aliphatic hydroxyl groups excluding tert-OH is 1. The number of aromatic nitrogens is 2. The third kappa shape index (κ3) is 2.20. The molecule has 6 nitrogen and oxygen atoms in total. The molecule has 1 aromatic heterocycles. The first kappa shape index (κ1) is 11.8. The number of aromatic amines is 1. The van der Waals surface area contributed by atoms with Crippen molar-refractivity contribution in [2.24, 2.45) is 0 Å². The molecule has 1 aromatic rings. The first-order valence-corrected chi connectivity index (χ1v) is 6.08. The molecule has 2 heterocycles. The average Bonchev–Trinajstić information content (AvgIpc) is 2.59. The Hall–Kier alpha value is -0.670. The molecular formula is C9H11IN2O4. The van der Waals surface area contributed by atoms with E-state index in [9.17, 15) is 9.59 Å². The predicted molar refractivity (Wildman–Crippen MR) is 64.7 cm³/mol. The lowest BCUT2D eigenvalue weighted by Gasteiger charge is -2.13. The lowest BCUT2D eigenvalue weighted by atomic mass is 10.2. The van der Waals surface area contributed by atoms with Crippen molar-refractivity contribution in [1.29, 1.82) is 0 Å². The molecule has 0 aliphatic carbocycles. The zero-order valence-electron chi connectivity index (χ0n) is 8.30. The van der Waals surface area contributed by atoms with Crippen LogP contribution in [-0.2, 0) is 4.74 Å². The minimum absolute atomic E-state index is 0.0673. The van der Waals surface area contributed by atoms with Gasteiger partial charge in [-0.25, -0.2) is 4.79 Å². The minimum atomic E-state index is -0.486. The van der Waals surface area contributed by atoms with Crippen LogP contribution in [-0.4, -0.2) is 31.3 Å². The van der Waals surface area contributed by atoms with Gasteiger partial charge in [-0.05, 0) is 0 Å². The highest BCUT2D eigenvalue weighted by molar-refractivity contribution is 14.1. The number of hydrogen-bond acceptors (Lipinski definition) is 4. The molecule has 2 N–H and O–H groups in total. The molecule has 1 unspecified atom stereocenters. The van der Waals surface area contributed by atoms with Crippen molar-refractivity contribution in [2.75, 3.05) is 6.61 Å². The second kappa shape index (κ2) is 4.68. The maximum absolute atomic E-state index is 11.5. The lowest BCUT2D eigenvalue weighted by molar-refractivity contribution is -0.0231. The Balaban J connectivity index is 2.27. The SMILES string of the molecule is O=c1ccn(C2C[C@@H](I)[C@@H](CO)O2)c(=O)[nH]1. The van der Waals surface area contributed by atoms with Crippen LogP contribution in [0.1, 0.15) is 12.6 Å². The number of hydrogen-bond donors (Lipinski definition) is 2. The maximum atomic E-state index is 11.5. The molecule has 1 aliphatic heterocycles. The second-order valence-electron chi connectivity index (χ2n) is 3.58. The number of halogens is 1. The van der Waals surface area contributed by atoms with E-state index in [-0.39, 0.29) is 16.6 Å². The first-order valence-electron chi connectivity index (χ1n) is 4.83. The molecule has 0 saturated carbocycles. The summed E-state index contributed by atoms with van der Waals surface area (Å²) in [6.07, 6.45) is 1.37. The molecule has 1 saturated heterocycles. The van der Waals surface area contributed by atoms with E-state index in [1.807, 2.05) is 0 Å². The number of ether oxygens (including phenoxy) is 1. The second-order valence-corrected chi connectivity index (χ2v) is 5.18. The summed E-state index contributed by atoms with van der Waals surface area (Å²) in [5.74, 6) is 0. The molecule has 0 aromatic carbocycles. The standard InChI is InChI=1S/C9H11IN2O4/c10-5-3-8(16-6(5)4-13)12-2-1-7(14)11-9(12)15/h1-2,5-6,8,13H,3-4H2,(H,11,14,15)/t5-,6-,8?/m1/s1. The van der Waals surface area contributed by atoms with Gasteiger partial charge in [0.25, 0.3) is 5.56 Å². The molecule has 7 heteroatoms. The Morgan fingerprint density at radius 2 is 2.38 bits per heavy atom. The predicted octanol–water partition coefficient (Wildman–Crippen LogP) is -0.380. The highest BCUT2D eigenvalue weighted by Crippen LogP contribution is 2.32. The van der Waals surface area contributed by atoms with E-state index in [0.29, 0.717) is 6.42 Å². The van der Waals surface area contributed by atoms with E-state index >= 15 is 0 Å². The number of H-pyrrole nitrogens is 1. The van der Waals surface area contributed by atoms with Crippen molar-refractivity contribution >= 4 is 22.6 Å². The smallest absolute Gasteiger partial charge is 0.330 e. The van der Waals surface area contributed by atoms with Crippen molar-refractivity contribution in [3.63, 3.8) is 0 Å². The van der Waals surface area contributed by atoms with Crippen molar-refractivity contribution in [2.45, 2.75) is 22.7 Å². The Morgan fingerprint density at radius 3 is 2.94 bits per heavy atom. The van der Waals surface area contributed by atoms with Gasteiger partial charge < -0.3 is 9.84 Å². The van der Waals surface area contributed by atoms with E-state index in [0.717, 1.165) is 0 Å². The van der Waals surface area contributed by atoms with Crippen molar-refractivity contribution in [1.82, 2.24) is 9.55 Å². The van der Waals surface area contributed by atoms with Gasteiger partial charge in [-0.1, -0.05) is 22.6 Å². The summed E-state index contributed by atoms with van der Waals surface area (Å²) in [4.78, 5) is 24.6. The number of nitrogens with zero attached hydrogens (tertiary/aromatic N) is 1. The van der Waals surface area contributed by atoms with Crippen LogP contribution in [0, 0.1) is 0 Å². The molecular weight excluding hydrogens is 327 g/mol. The Kier molecular flexibility index (Phi) is 3.45.